The van der Waals surface area contributed by atoms with Crippen molar-refractivity contribution in [3.8, 4) is 0 Å². The van der Waals surface area contributed by atoms with Gasteiger partial charge >= 0.3 is 0 Å². The summed E-state index contributed by atoms with van der Waals surface area (Å²) in [6.07, 6.45) is 2.54. The number of hydrogen-bond acceptors (Lipinski definition) is 4. The molecule has 0 saturated heterocycles. The van der Waals surface area contributed by atoms with Gasteiger partial charge in [-0.3, -0.25) is 4.79 Å². The normalized spacial score (nSPS) is 16.2. The van der Waals surface area contributed by atoms with E-state index < -0.39 is 16.1 Å². The summed E-state index contributed by atoms with van der Waals surface area (Å²) >= 11 is 1.64. The van der Waals surface area contributed by atoms with Gasteiger partial charge in [0, 0.05) is 17.3 Å². The molecule has 1 rings (SSSR count). The van der Waals surface area contributed by atoms with E-state index in [1.807, 2.05) is 38.3 Å². The van der Waals surface area contributed by atoms with Crippen LogP contribution in [0.2, 0.25) is 0 Å². The highest BCUT2D eigenvalue weighted by molar-refractivity contribution is 7.88. The van der Waals surface area contributed by atoms with Crippen LogP contribution in [-0.4, -0.2) is 32.7 Å². The average Bonchev–Trinajstić information content (AvgIpc) is 2.86. The molecule has 0 aliphatic heterocycles. The minimum Gasteiger partial charge on any atom is -0.352 e. The summed E-state index contributed by atoms with van der Waals surface area (Å²) in [5.74, 6) is -0.326. The molecule has 0 spiro atoms. The number of sulfonamides is 1. The van der Waals surface area contributed by atoms with Crippen LogP contribution in [0.1, 0.15) is 32.1 Å². The summed E-state index contributed by atoms with van der Waals surface area (Å²) in [5, 5.41) is 4.89. The van der Waals surface area contributed by atoms with Crippen molar-refractivity contribution in [1.29, 1.82) is 0 Å². The average molecular weight is 332 g/mol. The van der Waals surface area contributed by atoms with Crippen LogP contribution in [0.25, 0.3) is 0 Å². The molecular weight excluding hydrogens is 308 g/mol. The van der Waals surface area contributed by atoms with E-state index >= 15 is 0 Å². The third-order valence-electron chi connectivity index (χ3n) is 3.31. The Hall–Kier alpha value is -0.920. The summed E-state index contributed by atoms with van der Waals surface area (Å²) in [6, 6.07) is 3.23. The highest BCUT2D eigenvalue weighted by atomic mass is 32.2. The third-order valence-corrected chi connectivity index (χ3v) is 4.89. The summed E-state index contributed by atoms with van der Waals surface area (Å²) in [5.41, 5.74) is 0. The molecule has 0 aromatic carbocycles. The topological polar surface area (TPSA) is 75.3 Å². The van der Waals surface area contributed by atoms with Gasteiger partial charge in [0.25, 0.3) is 0 Å². The zero-order chi connectivity index (χ0) is 16.0. The van der Waals surface area contributed by atoms with Gasteiger partial charge in [-0.05, 0) is 24.3 Å². The molecule has 7 heteroatoms. The lowest BCUT2D eigenvalue weighted by Crippen LogP contribution is -2.52. The first-order valence-corrected chi connectivity index (χ1v) is 9.80. The van der Waals surface area contributed by atoms with E-state index in [1.165, 1.54) is 4.88 Å². The second kappa shape index (κ2) is 7.91. The Labute approximate surface area is 131 Å². The molecule has 0 fully saturated rings. The van der Waals surface area contributed by atoms with Crippen LogP contribution in [0.5, 0.6) is 0 Å². The quantitative estimate of drug-likeness (QED) is 0.762. The van der Waals surface area contributed by atoms with Gasteiger partial charge in [-0.25, -0.2) is 13.1 Å². The highest BCUT2D eigenvalue weighted by Gasteiger charge is 2.27. The Morgan fingerprint density at radius 1 is 1.38 bits per heavy atom. The summed E-state index contributed by atoms with van der Waals surface area (Å²) in [4.78, 5) is 13.5. The van der Waals surface area contributed by atoms with Gasteiger partial charge in [0.1, 0.15) is 6.04 Å². The lowest BCUT2D eigenvalue weighted by Gasteiger charge is -2.24. The maximum Gasteiger partial charge on any atom is 0.238 e. The van der Waals surface area contributed by atoms with Crippen LogP contribution < -0.4 is 10.0 Å². The van der Waals surface area contributed by atoms with Crippen molar-refractivity contribution in [2.45, 2.75) is 45.7 Å². The standard InChI is InChI=1S/C14H24N2O3S2/c1-5-10(2)13(16-21(4,18)19)14(17)15-11(3)9-12-7-6-8-20-12/h6-8,10-11,13,16H,5,9H2,1-4H3,(H,15,17)/t10-,11+,13-/m0/s1. The minimum absolute atomic E-state index is 0.0379. The van der Waals surface area contributed by atoms with Gasteiger partial charge < -0.3 is 5.32 Å². The van der Waals surface area contributed by atoms with Crippen molar-refractivity contribution in [3.05, 3.63) is 22.4 Å². The maximum atomic E-state index is 12.3. The molecule has 0 aliphatic rings. The summed E-state index contributed by atoms with van der Waals surface area (Å²) < 4.78 is 25.3. The molecule has 1 aromatic heterocycles. The Morgan fingerprint density at radius 2 is 2.05 bits per heavy atom. The molecule has 0 unspecified atom stereocenters. The zero-order valence-corrected chi connectivity index (χ0v) is 14.6. The molecule has 0 radical (unpaired) electrons. The molecule has 1 heterocycles. The molecular formula is C14H24N2O3S2. The number of amides is 1. The van der Waals surface area contributed by atoms with Gasteiger partial charge in [-0.1, -0.05) is 26.3 Å². The number of rotatable bonds is 8. The van der Waals surface area contributed by atoms with Crippen molar-refractivity contribution >= 4 is 27.3 Å². The van der Waals surface area contributed by atoms with E-state index in [4.69, 9.17) is 0 Å². The van der Waals surface area contributed by atoms with Crippen molar-refractivity contribution < 1.29 is 13.2 Å². The molecule has 1 amide bonds. The Kier molecular flexibility index (Phi) is 6.83. The molecule has 21 heavy (non-hydrogen) atoms. The van der Waals surface area contributed by atoms with Crippen LogP contribution in [0.4, 0.5) is 0 Å². The fourth-order valence-corrected chi connectivity index (χ4v) is 3.64. The van der Waals surface area contributed by atoms with Gasteiger partial charge in [-0.2, -0.15) is 0 Å². The van der Waals surface area contributed by atoms with E-state index in [2.05, 4.69) is 10.0 Å². The van der Waals surface area contributed by atoms with Crippen LogP contribution in [-0.2, 0) is 21.2 Å². The number of carbonyl (C=O) groups excluding carboxylic acids is 1. The van der Waals surface area contributed by atoms with Crippen LogP contribution in [0.3, 0.4) is 0 Å². The predicted octanol–water partition coefficient (Wildman–Crippen LogP) is 1.76. The highest BCUT2D eigenvalue weighted by Crippen LogP contribution is 2.12. The van der Waals surface area contributed by atoms with Gasteiger partial charge in [0.05, 0.1) is 6.26 Å². The summed E-state index contributed by atoms with van der Waals surface area (Å²) in [7, 11) is -3.42. The van der Waals surface area contributed by atoms with Gasteiger partial charge in [0.2, 0.25) is 15.9 Å². The monoisotopic (exact) mass is 332 g/mol. The number of thiophene rings is 1. The smallest absolute Gasteiger partial charge is 0.238 e. The van der Waals surface area contributed by atoms with E-state index in [1.54, 1.807) is 11.3 Å². The molecule has 3 atom stereocenters. The largest absolute Gasteiger partial charge is 0.352 e. The molecule has 120 valence electrons. The maximum absolute atomic E-state index is 12.3. The minimum atomic E-state index is -3.42. The van der Waals surface area contributed by atoms with Crippen molar-refractivity contribution in [3.63, 3.8) is 0 Å². The zero-order valence-electron chi connectivity index (χ0n) is 12.9. The molecule has 1 aromatic rings. The fraction of sp³-hybridized carbons (Fsp3) is 0.643. The molecule has 5 nitrogen and oxygen atoms in total. The van der Waals surface area contributed by atoms with E-state index in [9.17, 15) is 13.2 Å². The Balaban J connectivity index is 2.67. The van der Waals surface area contributed by atoms with E-state index in [-0.39, 0.29) is 17.9 Å². The Morgan fingerprint density at radius 3 is 2.52 bits per heavy atom. The lowest BCUT2D eigenvalue weighted by atomic mass is 9.99. The number of hydrogen-bond donors (Lipinski definition) is 2. The first-order valence-electron chi connectivity index (χ1n) is 7.03. The predicted molar refractivity (Wildman–Crippen MR) is 86.9 cm³/mol. The molecule has 0 bridgehead atoms. The van der Waals surface area contributed by atoms with E-state index in [0.29, 0.717) is 0 Å². The van der Waals surface area contributed by atoms with Gasteiger partial charge in [0.15, 0.2) is 0 Å². The summed E-state index contributed by atoms with van der Waals surface area (Å²) in [6.45, 7) is 5.72. The number of nitrogens with one attached hydrogen (secondary N) is 2. The van der Waals surface area contributed by atoms with Crippen LogP contribution in [0.15, 0.2) is 17.5 Å². The van der Waals surface area contributed by atoms with Crippen molar-refractivity contribution in [2.24, 2.45) is 5.92 Å². The Bertz CT molecular complexity index is 541. The van der Waals surface area contributed by atoms with Crippen LogP contribution >= 0.6 is 11.3 Å². The molecule has 0 saturated carbocycles. The van der Waals surface area contributed by atoms with Gasteiger partial charge in [-0.15, -0.1) is 11.3 Å². The number of carbonyl (C=O) groups is 1. The first kappa shape index (κ1) is 18.1. The van der Waals surface area contributed by atoms with Crippen molar-refractivity contribution in [2.75, 3.05) is 6.26 Å². The van der Waals surface area contributed by atoms with E-state index in [0.717, 1.165) is 19.1 Å². The lowest BCUT2D eigenvalue weighted by molar-refractivity contribution is -0.124. The molecule has 2 N–H and O–H groups in total. The second-order valence-corrected chi connectivity index (χ2v) is 8.26. The SMILES string of the molecule is CC[C@H](C)[C@H](NS(C)(=O)=O)C(=O)N[C@H](C)Cc1cccs1. The van der Waals surface area contributed by atoms with Crippen molar-refractivity contribution in [1.82, 2.24) is 10.0 Å². The first-order chi connectivity index (χ1) is 9.73. The molecule has 0 aliphatic carbocycles. The van der Waals surface area contributed by atoms with Crippen LogP contribution in [0, 0.1) is 5.92 Å². The third kappa shape index (κ3) is 6.58. The fourth-order valence-electron chi connectivity index (χ4n) is 2.01. The second-order valence-electron chi connectivity index (χ2n) is 5.45.